The summed E-state index contributed by atoms with van der Waals surface area (Å²) in [5, 5.41) is 8.65. The molecule has 0 N–H and O–H groups in total. The van der Waals surface area contributed by atoms with Gasteiger partial charge < -0.3 is 9.64 Å². The predicted octanol–water partition coefficient (Wildman–Crippen LogP) is 3.25. The number of carbonyl (C=O) groups is 1. The summed E-state index contributed by atoms with van der Waals surface area (Å²) in [5.41, 5.74) is 1.11. The van der Waals surface area contributed by atoms with Gasteiger partial charge in [0.15, 0.2) is 0 Å². The van der Waals surface area contributed by atoms with Crippen LogP contribution in [0.3, 0.4) is 0 Å². The molecule has 1 amide bonds. The largest absolute Gasteiger partial charge is 0.444 e. The number of carbonyl (C=O) groups excluding carboxylic acids is 1. The highest BCUT2D eigenvalue weighted by Crippen LogP contribution is 2.45. The lowest BCUT2D eigenvalue weighted by molar-refractivity contribution is -0.0445. The molecule has 0 aromatic heterocycles. The molecule has 4 nitrogen and oxygen atoms in total. The molecule has 0 atom stereocenters. The van der Waals surface area contributed by atoms with Crippen molar-refractivity contribution in [3.05, 3.63) is 11.6 Å². The second-order valence-electron chi connectivity index (χ2n) is 6.77. The van der Waals surface area contributed by atoms with Gasteiger partial charge in [0.2, 0.25) is 0 Å². The van der Waals surface area contributed by atoms with Gasteiger partial charge in [0, 0.05) is 24.6 Å². The highest BCUT2D eigenvalue weighted by Gasteiger charge is 2.47. The molecule has 2 aliphatic rings. The molecule has 1 heterocycles. The fourth-order valence-electron chi connectivity index (χ4n) is 2.87. The van der Waals surface area contributed by atoms with Crippen molar-refractivity contribution in [1.82, 2.24) is 4.90 Å². The quantitative estimate of drug-likeness (QED) is 0.630. The van der Waals surface area contributed by atoms with Crippen LogP contribution < -0.4 is 0 Å². The molecule has 1 aliphatic heterocycles. The number of hydrogen-bond acceptors (Lipinski definition) is 3. The van der Waals surface area contributed by atoms with Gasteiger partial charge in [0.05, 0.1) is 6.07 Å². The SMILES string of the molecule is CC(C)(C)OC(=O)N1CC2(CCC(=CC#N)CC2)C1. The molecule has 1 aliphatic carbocycles. The second-order valence-corrected chi connectivity index (χ2v) is 6.77. The summed E-state index contributed by atoms with van der Waals surface area (Å²) in [7, 11) is 0. The summed E-state index contributed by atoms with van der Waals surface area (Å²) in [6.45, 7) is 7.28. The van der Waals surface area contributed by atoms with Crippen LogP contribution in [0.2, 0.25) is 0 Å². The van der Waals surface area contributed by atoms with Crippen LogP contribution in [-0.2, 0) is 4.74 Å². The third kappa shape index (κ3) is 3.28. The van der Waals surface area contributed by atoms with Crippen LogP contribution in [0.25, 0.3) is 0 Å². The van der Waals surface area contributed by atoms with E-state index in [1.54, 1.807) is 11.0 Å². The minimum absolute atomic E-state index is 0.198. The third-order valence-corrected chi connectivity index (χ3v) is 3.93. The Hall–Kier alpha value is -1.50. The molecule has 0 bridgehead atoms. The minimum Gasteiger partial charge on any atom is -0.444 e. The van der Waals surface area contributed by atoms with E-state index >= 15 is 0 Å². The lowest BCUT2D eigenvalue weighted by atomic mass is 9.67. The van der Waals surface area contributed by atoms with Crippen molar-refractivity contribution >= 4 is 6.09 Å². The first-order valence-corrected chi connectivity index (χ1v) is 6.89. The van der Waals surface area contributed by atoms with E-state index in [0.29, 0.717) is 0 Å². The molecule has 0 aromatic carbocycles. The Balaban J connectivity index is 1.82. The van der Waals surface area contributed by atoms with E-state index in [1.165, 1.54) is 5.57 Å². The second kappa shape index (κ2) is 4.88. The minimum atomic E-state index is -0.422. The first-order valence-electron chi connectivity index (χ1n) is 6.89. The predicted molar refractivity (Wildman–Crippen MR) is 72.4 cm³/mol. The van der Waals surface area contributed by atoms with Crippen LogP contribution in [0, 0.1) is 16.7 Å². The molecule has 2 rings (SSSR count). The lowest BCUT2D eigenvalue weighted by Crippen LogP contribution is -2.59. The monoisotopic (exact) mass is 262 g/mol. The lowest BCUT2D eigenvalue weighted by Gasteiger charge is -2.52. The van der Waals surface area contributed by atoms with E-state index in [1.807, 2.05) is 20.8 Å². The first-order chi connectivity index (χ1) is 8.84. The van der Waals surface area contributed by atoms with Crippen molar-refractivity contribution in [2.24, 2.45) is 5.41 Å². The Morgan fingerprint density at radius 3 is 2.42 bits per heavy atom. The van der Waals surface area contributed by atoms with Gasteiger partial charge in [-0.25, -0.2) is 4.79 Å². The van der Waals surface area contributed by atoms with Gasteiger partial charge in [-0.3, -0.25) is 0 Å². The Labute approximate surface area is 115 Å². The zero-order valence-corrected chi connectivity index (χ0v) is 12.0. The number of ether oxygens (including phenoxy) is 1. The van der Waals surface area contributed by atoms with Gasteiger partial charge in [0.25, 0.3) is 0 Å². The van der Waals surface area contributed by atoms with Crippen molar-refractivity contribution in [1.29, 1.82) is 5.26 Å². The van der Waals surface area contributed by atoms with Gasteiger partial charge in [-0.05, 0) is 46.5 Å². The van der Waals surface area contributed by atoms with Crippen LogP contribution >= 0.6 is 0 Å². The topological polar surface area (TPSA) is 53.3 Å². The highest BCUT2D eigenvalue weighted by atomic mass is 16.6. The molecule has 0 aromatic rings. The Bertz CT molecular complexity index is 422. The number of nitrogens with zero attached hydrogens (tertiary/aromatic N) is 2. The summed E-state index contributed by atoms with van der Waals surface area (Å²) in [4.78, 5) is 13.7. The van der Waals surface area contributed by atoms with E-state index in [9.17, 15) is 4.79 Å². The molecule has 19 heavy (non-hydrogen) atoms. The maximum absolute atomic E-state index is 11.9. The maximum Gasteiger partial charge on any atom is 0.410 e. The molecule has 0 unspecified atom stereocenters. The fourth-order valence-corrected chi connectivity index (χ4v) is 2.87. The van der Waals surface area contributed by atoms with Crippen LogP contribution in [0.5, 0.6) is 0 Å². The molecule has 4 heteroatoms. The standard InChI is InChI=1S/C15H22N2O2/c1-14(2,3)19-13(18)17-10-15(11-17)7-4-12(5-8-15)6-9-16/h6H,4-5,7-8,10-11H2,1-3H3. The maximum atomic E-state index is 11.9. The summed E-state index contributed by atoms with van der Waals surface area (Å²) in [6, 6.07) is 2.11. The van der Waals surface area contributed by atoms with Crippen LogP contribution in [0.4, 0.5) is 4.79 Å². The Morgan fingerprint density at radius 1 is 1.37 bits per heavy atom. The van der Waals surface area contributed by atoms with Crippen molar-refractivity contribution in [2.75, 3.05) is 13.1 Å². The zero-order chi connectivity index (χ0) is 14.1. The first kappa shape index (κ1) is 13.9. The number of likely N-dealkylation sites (tertiary alicyclic amines) is 1. The number of allylic oxidation sites excluding steroid dienone is 2. The van der Waals surface area contributed by atoms with Crippen LogP contribution in [0.15, 0.2) is 11.6 Å². The summed E-state index contributed by atoms with van der Waals surface area (Å²) in [5.74, 6) is 0. The normalized spacial score (nSPS) is 21.6. The number of amides is 1. The van der Waals surface area contributed by atoms with Crippen LogP contribution in [0.1, 0.15) is 46.5 Å². The molecule has 2 fully saturated rings. The van der Waals surface area contributed by atoms with Gasteiger partial charge >= 0.3 is 6.09 Å². The van der Waals surface area contributed by atoms with Crippen molar-refractivity contribution in [3.63, 3.8) is 0 Å². The summed E-state index contributed by atoms with van der Waals surface area (Å²) in [6.07, 6.45) is 5.64. The third-order valence-electron chi connectivity index (χ3n) is 3.93. The Morgan fingerprint density at radius 2 is 1.95 bits per heavy atom. The molecule has 1 saturated heterocycles. The summed E-state index contributed by atoms with van der Waals surface area (Å²) >= 11 is 0. The van der Waals surface area contributed by atoms with Gasteiger partial charge in [0.1, 0.15) is 5.60 Å². The Kier molecular flexibility index (Phi) is 3.58. The number of nitriles is 1. The van der Waals surface area contributed by atoms with Gasteiger partial charge in [-0.1, -0.05) is 5.57 Å². The van der Waals surface area contributed by atoms with E-state index in [4.69, 9.17) is 10.00 Å². The molecule has 0 radical (unpaired) electrons. The highest BCUT2D eigenvalue weighted by molar-refractivity contribution is 5.69. The van der Waals surface area contributed by atoms with E-state index in [2.05, 4.69) is 6.07 Å². The van der Waals surface area contributed by atoms with E-state index in [0.717, 1.165) is 38.8 Å². The van der Waals surface area contributed by atoms with E-state index in [-0.39, 0.29) is 11.5 Å². The van der Waals surface area contributed by atoms with E-state index < -0.39 is 5.60 Å². The average Bonchev–Trinajstić information content (AvgIpc) is 2.25. The zero-order valence-electron chi connectivity index (χ0n) is 12.0. The van der Waals surface area contributed by atoms with Crippen LogP contribution in [-0.4, -0.2) is 29.7 Å². The fraction of sp³-hybridized carbons (Fsp3) is 0.733. The number of rotatable bonds is 0. The van der Waals surface area contributed by atoms with Crippen molar-refractivity contribution in [3.8, 4) is 6.07 Å². The summed E-state index contributed by atoms with van der Waals surface area (Å²) < 4.78 is 5.37. The molecule has 1 spiro atoms. The van der Waals surface area contributed by atoms with Crippen molar-refractivity contribution < 1.29 is 9.53 Å². The number of hydrogen-bond donors (Lipinski definition) is 0. The molecular weight excluding hydrogens is 240 g/mol. The van der Waals surface area contributed by atoms with Gasteiger partial charge in [-0.15, -0.1) is 0 Å². The molecular formula is C15H22N2O2. The molecule has 1 saturated carbocycles. The smallest absolute Gasteiger partial charge is 0.410 e. The average molecular weight is 262 g/mol. The molecule has 104 valence electrons. The van der Waals surface area contributed by atoms with Gasteiger partial charge in [-0.2, -0.15) is 5.26 Å². The van der Waals surface area contributed by atoms with Crippen molar-refractivity contribution in [2.45, 2.75) is 52.1 Å².